The predicted octanol–water partition coefficient (Wildman–Crippen LogP) is 3.95. The molecule has 0 unspecified atom stereocenters. The van der Waals surface area contributed by atoms with Gasteiger partial charge in [0.25, 0.3) is 0 Å². The van der Waals surface area contributed by atoms with Crippen molar-refractivity contribution in [1.29, 1.82) is 0 Å². The van der Waals surface area contributed by atoms with Crippen LogP contribution >= 0.6 is 0 Å². The lowest BCUT2D eigenvalue weighted by atomic mass is 9.90. The number of likely N-dealkylation sites (tertiary alicyclic amines) is 1. The van der Waals surface area contributed by atoms with E-state index in [1.54, 1.807) is 12.5 Å². The number of aryl methyl sites for hydroxylation is 1. The van der Waals surface area contributed by atoms with Crippen molar-refractivity contribution in [1.82, 2.24) is 20.0 Å². The number of hydrogen-bond donors (Lipinski definition) is 0. The van der Waals surface area contributed by atoms with E-state index in [9.17, 15) is 4.79 Å². The molecule has 1 amide bonds. The van der Waals surface area contributed by atoms with Crippen LogP contribution in [0.3, 0.4) is 0 Å². The van der Waals surface area contributed by atoms with Gasteiger partial charge in [-0.1, -0.05) is 35.5 Å². The van der Waals surface area contributed by atoms with E-state index in [1.807, 2.05) is 55.1 Å². The zero-order chi connectivity index (χ0) is 19.5. The van der Waals surface area contributed by atoms with Crippen LogP contribution in [-0.2, 0) is 4.79 Å². The zero-order valence-corrected chi connectivity index (χ0v) is 16.2. The summed E-state index contributed by atoms with van der Waals surface area (Å²) >= 11 is 0. The van der Waals surface area contributed by atoms with Crippen molar-refractivity contribution in [3.8, 4) is 11.3 Å². The highest BCUT2D eigenvalue weighted by atomic mass is 16.5. The zero-order valence-electron chi connectivity index (χ0n) is 16.2. The van der Waals surface area contributed by atoms with Crippen molar-refractivity contribution >= 4 is 5.91 Å². The molecule has 4 rings (SSSR count). The average molecular weight is 376 g/mol. The topological polar surface area (TPSA) is 72.1 Å². The maximum absolute atomic E-state index is 13.1. The van der Waals surface area contributed by atoms with Gasteiger partial charge in [-0.2, -0.15) is 0 Å². The van der Waals surface area contributed by atoms with Gasteiger partial charge in [-0.3, -0.25) is 4.79 Å². The maximum Gasteiger partial charge on any atom is 0.229 e. The van der Waals surface area contributed by atoms with Gasteiger partial charge in [-0.05, 0) is 32.3 Å². The van der Waals surface area contributed by atoms with Crippen molar-refractivity contribution in [3.63, 3.8) is 0 Å². The minimum atomic E-state index is -0.151. The quantitative estimate of drug-likeness (QED) is 0.689. The number of carbonyl (C=O) groups excluding carboxylic acids is 1. The molecule has 0 aliphatic carbocycles. The Morgan fingerprint density at radius 1 is 1.29 bits per heavy atom. The molecule has 0 radical (unpaired) electrons. The lowest BCUT2D eigenvalue weighted by molar-refractivity contribution is -0.133. The van der Waals surface area contributed by atoms with Gasteiger partial charge in [0.15, 0.2) is 5.76 Å². The normalized spacial score (nSPS) is 18.1. The summed E-state index contributed by atoms with van der Waals surface area (Å²) in [5.41, 5.74) is 3.66. The number of benzene rings is 1. The Morgan fingerprint density at radius 2 is 2.11 bits per heavy atom. The van der Waals surface area contributed by atoms with Crippen molar-refractivity contribution in [2.24, 2.45) is 0 Å². The van der Waals surface area contributed by atoms with E-state index in [2.05, 4.69) is 15.1 Å². The van der Waals surface area contributed by atoms with Gasteiger partial charge >= 0.3 is 0 Å². The van der Waals surface area contributed by atoms with Crippen LogP contribution in [0.4, 0.5) is 0 Å². The fourth-order valence-corrected chi connectivity index (χ4v) is 3.90. The van der Waals surface area contributed by atoms with E-state index in [-0.39, 0.29) is 17.7 Å². The molecular formula is C22H24N4O2. The number of aromatic nitrogens is 3. The molecule has 6 heteroatoms. The fraction of sp³-hybridized carbons (Fsp3) is 0.364. The molecule has 144 valence electrons. The van der Waals surface area contributed by atoms with Crippen LogP contribution in [0.2, 0.25) is 0 Å². The molecule has 28 heavy (non-hydrogen) atoms. The number of piperidine rings is 1. The van der Waals surface area contributed by atoms with Gasteiger partial charge in [0, 0.05) is 31.3 Å². The third-order valence-corrected chi connectivity index (χ3v) is 5.43. The second-order valence-electron chi connectivity index (χ2n) is 7.41. The summed E-state index contributed by atoms with van der Waals surface area (Å²) in [7, 11) is 0. The Bertz CT molecular complexity index is 954. The second kappa shape index (κ2) is 7.92. The molecule has 0 N–H and O–H groups in total. The van der Waals surface area contributed by atoms with Crippen LogP contribution in [0.1, 0.15) is 48.6 Å². The molecular weight excluding hydrogens is 352 g/mol. The first kappa shape index (κ1) is 18.3. The number of carbonyl (C=O) groups is 1. The number of rotatable bonds is 4. The van der Waals surface area contributed by atoms with Crippen LogP contribution in [0.5, 0.6) is 0 Å². The SMILES string of the molecule is Cc1cc(-c2cncnc2[C@@H]2CCCN(C(=O)[C@@H](C)c3ccccc3)C2)on1. The van der Waals surface area contributed by atoms with Gasteiger partial charge in [0.05, 0.1) is 22.9 Å². The summed E-state index contributed by atoms with van der Waals surface area (Å²) in [6.07, 6.45) is 5.28. The highest BCUT2D eigenvalue weighted by Gasteiger charge is 2.30. The smallest absolute Gasteiger partial charge is 0.229 e. The van der Waals surface area contributed by atoms with Crippen LogP contribution in [0.25, 0.3) is 11.3 Å². The van der Waals surface area contributed by atoms with Crippen molar-refractivity contribution < 1.29 is 9.32 Å². The molecule has 1 aromatic carbocycles. The molecule has 3 heterocycles. The molecule has 1 saturated heterocycles. The summed E-state index contributed by atoms with van der Waals surface area (Å²) in [6.45, 7) is 5.32. The maximum atomic E-state index is 13.1. The molecule has 1 aliphatic heterocycles. The summed E-state index contributed by atoms with van der Waals surface area (Å²) < 4.78 is 5.44. The highest BCUT2D eigenvalue weighted by molar-refractivity contribution is 5.83. The predicted molar refractivity (Wildman–Crippen MR) is 106 cm³/mol. The van der Waals surface area contributed by atoms with Gasteiger partial charge in [0.2, 0.25) is 5.91 Å². The molecule has 2 atom stereocenters. The molecule has 2 aromatic heterocycles. The van der Waals surface area contributed by atoms with E-state index in [0.717, 1.165) is 41.9 Å². The van der Waals surface area contributed by atoms with Gasteiger partial charge < -0.3 is 9.42 Å². The van der Waals surface area contributed by atoms with Crippen LogP contribution in [-0.4, -0.2) is 39.0 Å². The van der Waals surface area contributed by atoms with Crippen molar-refractivity contribution in [3.05, 3.63) is 65.9 Å². The Balaban J connectivity index is 1.56. The number of nitrogens with zero attached hydrogens (tertiary/aromatic N) is 4. The number of hydrogen-bond acceptors (Lipinski definition) is 5. The average Bonchev–Trinajstić information content (AvgIpc) is 3.19. The molecule has 1 aliphatic rings. The van der Waals surface area contributed by atoms with Crippen molar-refractivity contribution in [2.45, 2.75) is 38.5 Å². The summed E-state index contributed by atoms with van der Waals surface area (Å²) in [5, 5.41) is 3.98. The Hall–Kier alpha value is -3.02. The van der Waals surface area contributed by atoms with Gasteiger partial charge in [0.1, 0.15) is 6.33 Å². The Kier molecular flexibility index (Phi) is 5.19. The van der Waals surface area contributed by atoms with Gasteiger partial charge in [-0.15, -0.1) is 0 Å². The van der Waals surface area contributed by atoms with Crippen LogP contribution in [0.15, 0.2) is 53.4 Å². The standard InChI is InChI=1S/C22H24N4O2/c1-15-11-20(28-25-15)19-12-23-14-24-21(19)18-9-6-10-26(13-18)22(27)16(2)17-7-4-3-5-8-17/h3-5,7-8,11-12,14,16,18H,6,9-10,13H2,1-2H3/t16-,18+/m0/s1. The third kappa shape index (κ3) is 3.67. The van der Waals surface area contributed by atoms with Crippen molar-refractivity contribution in [2.75, 3.05) is 13.1 Å². The van der Waals surface area contributed by atoms with E-state index in [1.165, 1.54) is 0 Å². The van der Waals surface area contributed by atoms with Gasteiger partial charge in [-0.25, -0.2) is 9.97 Å². The summed E-state index contributed by atoms with van der Waals surface area (Å²) in [5.74, 6) is 0.849. The largest absolute Gasteiger partial charge is 0.356 e. The minimum Gasteiger partial charge on any atom is -0.356 e. The first-order chi connectivity index (χ1) is 13.6. The summed E-state index contributed by atoms with van der Waals surface area (Å²) in [6, 6.07) is 11.8. The summed E-state index contributed by atoms with van der Waals surface area (Å²) in [4.78, 5) is 23.8. The lowest BCUT2D eigenvalue weighted by Gasteiger charge is -2.34. The van der Waals surface area contributed by atoms with E-state index in [0.29, 0.717) is 12.3 Å². The second-order valence-corrected chi connectivity index (χ2v) is 7.41. The highest BCUT2D eigenvalue weighted by Crippen LogP contribution is 2.33. The first-order valence-electron chi connectivity index (χ1n) is 9.71. The molecule has 0 spiro atoms. The van der Waals surface area contributed by atoms with Crippen LogP contribution < -0.4 is 0 Å². The van der Waals surface area contributed by atoms with E-state index < -0.39 is 0 Å². The Labute approximate surface area is 164 Å². The monoisotopic (exact) mass is 376 g/mol. The third-order valence-electron chi connectivity index (χ3n) is 5.43. The minimum absolute atomic E-state index is 0.151. The van der Waals surface area contributed by atoms with E-state index >= 15 is 0 Å². The molecule has 0 saturated carbocycles. The molecule has 1 fully saturated rings. The molecule has 6 nitrogen and oxygen atoms in total. The number of amides is 1. The molecule has 3 aromatic rings. The first-order valence-corrected chi connectivity index (χ1v) is 9.71. The fourth-order valence-electron chi connectivity index (χ4n) is 3.90. The Morgan fingerprint density at radius 3 is 2.86 bits per heavy atom. The van der Waals surface area contributed by atoms with E-state index in [4.69, 9.17) is 4.52 Å². The van der Waals surface area contributed by atoms with Crippen LogP contribution in [0, 0.1) is 6.92 Å². The lowest BCUT2D eigenvalue weighted by Crippen LogP contribution is -2.41. The molecule has 0 bridgehead atoms.